The molecule has 1 fully saturated rings. The second-order valence-corrected chi connectivity index (χ2v) is 8.27. The third-order valence-corrected chi connectivity index (χ3v) is 6.04. The number of halogens is 1. The first-order valence-corrected chi connectivity index (χ1v) is 10.2. The van der Waals surface area contributed by atoms with Crippen LogP contribution in [0, 0.1) is 13.8 Å². The zero-order valence-corrected chi connectivity index (χ0v) is 17.1. The molecule has 0 atom stereocenters. The molecule has 0 radical (unpaired) electrons. The van der Waals surface area contributed by atoms with Crippen LogP contribution in [-0.4, -0.2) is 46.3 Å². The molecule has 0 unspecified atom stereocenters. The topological polar surface area (TPSA) is 58.3 Å². The molecule has 3 heterocycles. The Morgan fingerprint density at radius 1 is 1.07 bits per heavy atom. The van der Waals surface area contributed by atoms with Crippen LogP contribution in [0.25, 0.3) is 0 Å². The van der Waals surface area contributed by atoms with E-state index in [0.717, 1.165) is 71.7 Å². The Morgan fingerprint density at radius 2 is 1.81 bits per heavy atom. The van der Waals surface area contributed by atoms with E-state index in [9.17, 15) is 0 Å². The second kappa shape index (κ2) is 7.96. The van der Waals surface area contributed by atoms with Gasteiger partial charge in [0.15, 0.2) is 0 Å². The maximum Gasteiger partial charge on any atom is 0.208 e. The van der Waals surface area contributed by atoms with Crippen LogP contribution in [0.2, 0.25) is 5.02 Å². The molecule has 0 spiro atoms. The van der Waals surface area contributed by atoms with E-state index in [2.05, 4.69) is 25.0 Å². The van der Waals surface area contributed by atoms with Crippen molar-refractivity contribution in [1.82, 2.24) is 20.1 Å². The number of benzene rings is 1. The van der Waals surface area contributed by atoms with E-state index in [1.807, 2.05) is 38.1 Å². The number of rotatable bonds is 5. The summed E-state index contributed by atoms with van der Waals surface area (Å²) < 4.78 is 5.70. The smallest absolute Gasteiger partial charge is 0.208 e. The molecule has 1 aliphatic heterocycles. The minimum atomic E-state index is 0.754. The van der Waals surface area contributed by atoms with Crippen LogP contribution < -0.4 is 4.90 Å². The number of oxazole rings is 1. The molecule has 4 rings (SSSR count). The van der Waals surface area contributed by atoms with E-state index in [4.69, 9.17) is 16.0 Å². The maximum atomic E-state index is 5.95. The fourth-order valence-electron chi connectivity index (χ4n) is 3.12. The summed E-state index contributed by atoms with van der Waals surface area (Å²) in [6, 6.07) is 7.90. The van der Waals surface area contributed by atoms with Gasteiger partial charge in [0, 0.05) is 37.6 Å². The highest BCUT2D eigenvalue weighted by molar-refractivity contribution is 7.15. The fraction of sp³-hybridized carbons (Fsp3) is 0.421. The van der Waals surface area contributed by atoms with Gasteiger partial charge in [0.25, 0.3) is 0 Å². The Hall–Kier alpha value is -1.96. The molecule has 3 aromatic rings. The quantitative estimate of drug-likeness (QED) is 0.647. The van der Waals surface area contributed by atoms with Gasteiger partial charge in [-0.3, -0.25) is 4.90 Å². The van der Waals surface area contributed by atoms with Crippen LogP contribution in [-0.2, 0) is 13.0 Å². The van der Waals surface area contributed by atoms with Crippen LogP contribution in [0.3, 0.4) is 0 Å². The monoisotopic (exact) mass is 403 g/mol. The standard InChI is InChI=1S/C19H22ClN5OS/c1-13-14(2)26-17(21-13)12-24-7-9-25(10-8-24)19-23-22-18(27-19)11-15-3-5-16(20)6-4-15/h3-6H,7-12H2,1-2H3. The van der Waals surface area contributed by atoms with E-state index >= 15 is 0 Å². The molecule has 27 heavy (non-hydrogen) atoms. The number of hydrogen-bond donors (Lipinski definition) is 0. The van der Waals surface area contributed by atoms with E-state index in [-0.39, 0.29) is 0 Å². The minimum absolute atomic E-state index is 0.754. The predicted molar refractivity (Wildman–Crippen MR) is 108 cm³/mol. The van der Waals surface area contributed by atoms with Crippen LogP contribution in [0.15, 0.2) is 28.7 Å². The Bertz CT molecular complexity index is 880. The van der Waals surface area contributed by atoms with E-state index in [0.29, 0.717) is 0 Å². The van der Waals surface area contributed by atoms with Crippen LogP contribution in [0.4, 0.5) is 5.13 Å². The first kappa shape index (κ1) is 18.4. The van der Waals surface area contributed by atoms with Gasteiger partial charge in [-0.15, -0.1) is 10.2 Å². The zero-order valence-electron chi connectivity index (χ0n) is 15.5. The van der Waals surface area contributed by atoms with Crippen LogP contribution in [0.1, 0.15) is 27.9 Å². The SMILES string of the molecule is Cc1nc(CN2CCN(c3nnc(Cc4ccc(Cl)cc4)s3)CC2)oc1C. The lowest BCUT2D eigenvalue weighted by Crippen LogP contribution is -2.46. The number of nitrogens with zero attached hydrogens (tertiary/aromatic N) is 5. The van der Waals surface area contributed by atoms with Gasteiger partial charge in [-0.1, -0.05) is 35.1 Å². The van der Waals surface area contributed by atoms with Crippen molar-refractivity contribution < 1.29 is 4.42 Å². The molecule has 0 aliphatic carbocycles. The molecule has 0 amide bonds. The molecule has 0 N–H and O–H groups in total. The molecule has 1 saturated heterocycles. The summed E-state index contributed by atoms with van der Waals surface area (Å²) in [6.45, 7) is 8.51. The lowest BCUT2D eigenvalue weighted by molar-refractivity contribution is 0.225. The highest BCUT2D eigenvalue weighted by Crippen LogP contribution is 2.24. The van der Waals surface area contributed by atoms with Crippen molar-refractivity contribution in [3.8, 4) is 0 Å². The molecule has 142 valence electrons. The Balaban J connectivity index is 1.32. The van der Waals surface area contributed by atoms with Crippen molar-refractivity contribution >= 4 is 28.1 Å². The Labute approximate surface area is 167 Å². The first-order valence-electron chi connectivity index (χ1n) is 9.04. The van der Waals surface area contributed by atoms with Crippen molar-refractivity contribution in [2.45, 2.75) is 26.8 Å². The first-order chi connectivity index (χ1) is 13.1. The second-order valence-electron chi connectivity index (χ2n) is 6.79. The van der Waals surface area contributed by atoms with Gasteiger partial charge >= 0.3 is 0 Å². The molecule has 6 nitrogen and oxygen atoms in total. The van der Waals surface area contributed by atoms with E-state index in [1.165, 1.54) is 5.56 Å². The third-order valence-electron chi connectivity index (χ3n) is 4.80. The summed E-state index contributed by atoms with van der Waals surface area (Å²) in [5.41, 5.74) is 2.18. The molecule has 0 bridgehead atoms. The fourth-order valence-corrected chi connectivity index (χ4v) is 4.17. The van der Waals surface area contributed by atoms with Crippen molar-refractivity contribution in [3.05, 3.63) is 57.2 Å². The number of piperazine rings is 1. The summed E-state index contributed by atoms with van der Waals surface area (Å²) in [7, 11) is 0. The van der Waals surface area contributed by atoms with Crippen LogP contribution >= 0.6 is 22.9 Å². The number of aromatic nitrogens is 3. The number of aryl methyl sites for hydroxylation is 2. The summed E-state index contributed by atoms with van der Waals surface area (Å²) in [5, 5.41) is 11.5. The van der Waals surface area contributed by atoms with Gasteiger partial charge in [-0.2, -0.15) is 0 Å². The molecular formula is C19H22ClN5OS. The average molecular weight is 404 g/mol. The Kier molecular flexibility index (Phi) is 5.43. The maximum absolute atomic E-state index is 5.95. The van der Waals surface area contributed by atoms with Gasteiger partial charge < -0.3 is 9.32 Å². The predicted octanol–water partition coefficient (Wildman–Crippen LogP) is 3.71. The van der Waals surface area contributed by atoms with Crippen molar-refractivity contribution in [3.63, 3.8) is 0 Å². The number of hydrogen-bond acceptors (Lipinski definition) is 7. The number of anilines is 1. The van der Waals surface area contributed by atoms with Crippen molar-refractivity contribution in [2.24, 2.45) is 0 Å². The van der Waals surface area contributed by atoms with E-state index in [1.54, 1.807) is 11.3 Å². The average Bonchev–Trinajstić information content (AvgIpc) is 3.24. The van der Waals surface area contributed by atoms with Crippen LogP contribution in [0.5, 0.6) is 0 Å². The van der Waals surface area contributed by atoms with Crippen molar-refractivity contribution in [2.75, 3.05) is 31.1 Å². The molecule has 8 heteroatoms. The molecule has 1 aliphatic rings. The zero-order chi connectivity index (χ0) is 18.8. The van der Waals surface area contributed by atoms with Gasteiger partial charge in [-0.05, 0) is 31.5 Å². The molecule has 0 saturated carbocycles. The van der Waals surface area contributed by atoms with E-state index < -0.39 is 0 Å². The van der Waals surface area contributed by atoms with Gasteiger partial charge in [-0.25, -0.2) is 4.98 Å². The van der Waals surface area contributed by atoms with Crippen molar-refractivity contribution in [1.29, 1.82) is 0 Å². The molecule has 2 aromatic heterocycles. The minimum Gasteiger partial charge on any atom is -0.444 e. The highest BCUT2D eigenvalue weighted by Gasteiger charge is 2.21. The van der Waals surface area contributed by atoms with Gasteiger partial charge in [0.2, 0.25) is 11.0 Å². The molecule has 1 aromatic carbocycles. The molecular weight excluding hydrogens is 382 g/mol. The third kappa shape index (κ3) is 4.48. The largest absolute Gasteiger partial charge is 0.444 e. The summed E-state index contributed by atoms with van der Waals surface area (Å²) in [5.74, 6) is 1.71. The van der Waals surface area contributed by atoms with Gasteiger partial charge in [0.05, 0.1) is 12.2 Å². The normalized spacial score (nSPS) is 15.4. The lowest BCUT2D eigenvalue weighted by Gasteiger charge is -2.33. The summed E-state index contributed by atoms with van der Waals surface area (Å²) in [6.07, 6.45) is 0.789. The lowest BCUT2D eigenvalue weighted by atomic mass is 10.2. The summed E-state index contributed by atoms with van der Waals surface area (Å²) in [4.78, 5) is 9.16. The Morgan fingerprint density at radius 3 is 2.48 bits per heavy atom. The van der Waals surface area contributed by atoms with Gasteiger partial charge in [0.1, 0.15) is 10.8 Å². The summed E-state index contributed by atoms with van der Waals surface area (Å²) >= 11 is 7.62. The highest BCUT2D eigenvalue weighted by atomic mass is 35.5.